The number of non-ortho nitro benzene ring substituents is 1. The van der Waals surface area contributed by atoms with Crippen molar-refractivity contribution >= 4 is 22.9 Å². The monoisotopic (exact) mass is 387 g/mol. The number of benzene rings is 1. The van der Waals surface area contributed by atoms with Gasteiger partial charge in [0.2, 0.25) is 0 Å². The number of carbonyl (C=O) groups excluding carboxylic acids is 1. The van der Waals surface area contributed by atoms with Gasteiger partial charge < -0.3 is 10.2 Å². The molecule has 1 aromatic heterocycles. The third-order valence-electron chi connectivity index (χ3n) is 5.15. The average Bonchev–Trinajstić information content (AvgIpc) is 3.38. The molecule has 1 aromatic carbocycles. The first kappa shape index (κ1) is 18.0. The Bertz CT molecular complexity index is 849. The van der Waals surface area contributed by atoms with E-state index in [1.165, 1.54) is 23.5 Å². The Balaban J connectivity index is 1.44. The fourth-order valence-corrected chi connectivity index (χ4v) is 4.48. The van der Waals surface area contributed by atoms with Gasteiger partial charge in [-0.25, -0.2) is 4.98 Å². The first-order valence-corrected chi connectivity index (χ1v) is 9.94. The van der Waals surface area contributed by atoms with Crippen LogP contribution in [0.15, 0.2) is 29.6 Å². The largest absolute Gasteiger partial charge is 0.336 e. The van der Waals surface area contributed by atoms with Crippen LogP contribution in [0.4, 0.5) is 5.69 Å². The van der Waals surface area contributed by atoms with E-state index in [1.807, 2.05) is 4.90 Å². The molecule has 27 heavy (non-hydrogen) atoms. The summed E-state index contributed by atoms with van der Waals surface area (Å²) in [6.07, 6.45) is 0.994. The van der Waals surface area contributed by atoms with Gasteiger partial charge in [-0.3, -0.25) is 19.8 Å². The van der Waals surface area contributed by atoms with Crippen LogP contribution in [0.2, 0.25) is 0 Å². The van der Waals surface area contributed by atoms with Gasteiger partial charge in [-0.05, 0) is 6.42 Å². The quantitative estimate of drug-likeness (QED) is 0.636. The van der Waals surface area contributed by atoms with Gasteiger partial charge in [0.15, 0.2) is 0 Å². The van der Waals surface area contributed by atoms with Crippen molar-refractivity contribution in [1.82, 2.24) is 20.1 Å². The second-order valence-electron chi connectivity index (χ2n) is 6.82. The molecule has 2 aliphatic heterocycles. The minimum atomic E-state index is -0.427. The molecule has 142 valence electrons. The van der Waals surface area contributed by atoms with Crippen LogP contribution < -0.4 is 5.32 Å². The van der Waals surface area contributed by atoms with E-state index in [-0.39, 0.29) is 11.6 Å². The standard InChI is InChI=1S/C18H21N5O3S/c24-18(22-7-4-15(11-22)21-8-5-19-6-9-21)16-12-27-17(20-16)13-2-1-3-14(10-13)23(25)26/h1-3,10,12,15,19H,4-9,11H2. The number of nitrogens with zero attached hydrogens (tertiary/aromatic N) is 4. The molecule has 1 amide bonds. The molecule has 4 rings (SSSR count). The molecule has 3 heterocycles. The van der Waals surface area contributed by atoms with Crippen molar-refractivity contribution in [3.8, 4) is 10.6 Å². The van der Waals surface area contributed by atoms with Gasteiger partial charge in [-0.15, -0.1) is 11.3 Å². The Morgan fingerprint density at radius 1 is 1.30 bits per heavy atom. The number of aromatic nitrogens is 1. The van der Waals surface area contributed by atoms with Crippen molar-refractivity contribution in [1.29, 1.82) is 0 Å². The van der Waals surface area contributed by atoms with Gasteiger partial charge in [0.05, 0.1) is 4.92 Å². The summed E-state index contributed by atoms with van der Waals surface area (Å²) in [5.41, 5.74) is 1.10. The zero-order valence-electron chi connectivity index (χ0n) is 14.8. The number of rotatable bonds is 4. The van der Waals surface area contributed by atoms with Crippen LogP contribution in [0.25, 0.3) is 10.6 Å². The van der Waals surface area contributed by atoms with Gasteiger partial charge >= 0.3 is 0 Å². The number of hydrogen-bond donors (Lipinski definition) is 1. The fraction of sp³-hybridized carbons (Fsp3) is 0.444. The predicted octanol–water partition coefficient (Wildman–Crippen LogP) is 1.84. The lowest BCUT2D eigenvalue weighted by atomic mass is 10.2. The number of thiazole rings is 1. The van der Waals surface area contributed by atoms with Crippen LogP contribution in [0.1, 0.15) is 16.9 Å². The van der Waals surface area contributed by atoms with Crippen LogP contribution in [0.3, 0.4) is 0 Å². The van der Waals surface area contributed by atoms with Crippen molar-refractivity contribution < 1.29 is 9.72 Å². The number of nitro groups is 1. The lowest BCUT2D eigenvalue weighted by molar-refractivity contribution is -0.384. The molecule has 1 N–H and O–H groups in total. The number of amides is 1. The maximum atomic E-state index is 12.8. The van der Waals surface area contributed by atoms with Crippen molar-refractivity contribution in [3.05, 3.63) is 45.5 Å². The molecule has 2 saturated heterocycles. The lowest BCUT2D eigenvalue weighted by Gasteiger charge is -2.32. The summed E-state index contributed by atoms with van der Waals surface area (Å²) < 4.78 is 0. The number of carbonyl (C=O) groups is 1. The minimum absolute atomic E-state index is 0.0222. The first-order valence-electron chi connectivity index (χ1n) is 9.06. The summed E-state index contributed by atoms with van der Waals surface area (Å²) in [5, 5.41) is 16.7. The second kappa shape index (κ2) is 7.71. The second-order valence-corrected chi connectivity index (χ2v) is 7.68. The van der Waals surface area contributed by atoms with Crippen LogP contribution >= 0.6 is 11.3 Å². The van der Waals surface area contributed by atoms with Crippen LogP contribution in [0.5, 0.6) is 0 Å². The molecular weight excluding hydrogens is 366 g/mol. The highest BCUT2D eigenvalue weighted by Crippen LogP contribution is 2.28. The summed E-state index contributed by atoms with van der Waals surface area (Å²) in [6, 6.07) is 6.77. The van der Waals surface area contributed by atoms with Crippen molar-refractivity contribution in [2.24, 2.45) is 0 Å². The molecule has 0 aliphatic carbocycles. The average molecular weight is 387 g/mol. The summed E-state index contributed by atoms with van der Waals surface area (Å²) >= 11 is 1.34. The van der Waals surface area contributed by atoms with Gasteiger partial charge in [0, 0.05) is 68.4 Å². The molecule has 0 spiro atoms. The fourth-order valence-electron chi connectivity index (χ4n) is 3.69. The maximum absolute atomic E-state index is 12.8. The highest BCUT2D eigenvalue weighted by Gasteiger charge is 2.32. The molecular formula is C18H21N5O3S. The van der Waals surface area contributed by atoms with Gasteiger partial charge in [-0.1, -0.05) is 12.1 Å². The van der Waals surface area contributed by atoms with E-state index in [1.54, 1.807) is 17.5 Å². The molecule has 1 unspecified atom stereocenters. The maximum Gasteiger partial charge on any atom is 0.273 e. The number of likely N-dealkylation sites (tertiary alicyclic amines) is 1. The lowest BCUT2D eigenvalue weighted by Crippen LogP contribution is -2.49. The Labute approximate surface area is 161 Å². The molecule has 9 heteroatoms. The smallest absolute Gasteiger partial charge is 0.273 e. The van der Waals surface area contributed by atoms with E-state index in [0.29, 0.717) is 22.3 Å². The molecule has 2 aliphatic rings. The molecule has 0 saturated carbocycles. The molecule has 8 nitrogen and oxygen atoms in total. The third-order valence-corrected chi connectivity index (χ3v) is 6.04. The Morgan fingerprint density at radius 2 is 2.11 bits per heavy atom. The SMILES string of the molecule is O=C(c1csc(-c2cccc([N+](=O)[O-])c2)n1)N1CCC(N2CCNCC2)C1. The summed E-state index contributed by atoms with van der Waals surface area (Å²) in [5.74, 6) is -0.0550. The molecule has 0 radical (unpaired) electrons. The Hall–Kier alpha value is -2.36. The van der Waals surface area contributed by atoms with Gasteiger partial charge in [0.25, 0.3) is 11.6 Å². The highest BCUT2D eigenvalue weighted by molar-refractivity contribution is 7.13. The topological polar surface area (TPSA) is 91.6 Å². The van der Waals surface area contributed by atoms with E-state index in [2.05, 4.69) is 15.2 Å². The summed E-state index contributed by atoms with van der Waals surface area (Å²) in [4.78, 5) is 32.1. The third kappa shape index (κ3) is 3.85. The van der Waals surface area contributed by atoms with Crippen LogP contribution in [0, 0.1) is 10.1 Å². The highest BCUT2D eigenvalue weighted by atomic mass is 32.1. The summed E-state index contributed by atoms with van der Waals surface area (Å²) in [6.45, 7) is 5.55. The molecule has 0 bridgehead atoms. The van der Waals surface area contributed by atoms with E-state index in [4.69, 9.17) is 0 Å². The Kier molecular flexibility index (Phi) is 5.15. The van der Waals surface area contributed by atoms with E-state index in [0.717, 1.165) is 45.7 Å². The molecule has 2 fully saturated rings. The molecule has 2 aromatic rings. The number of nitro benzene ring substituents is 1. The Morgan fingerprint density at radius 3 is 2.89 bits per heavy atom. The minimum Gasteiger partial charge on any atom is -0.336 e. The predicted molar refractivity (Wildman–Crippen MR) is 103 cm³/mol. The van der Waals surface area contributed by atoms with Crippen molar-refractivity contribution in [2.75, 3.05) is 39.3 Å². The summed E-state index contributed by atoms with van der Waals surface area (Å²) in [7, 11) is 0. The number of nitrogens with one attached hydrogen (secondary N) is 1. The van der Waals surface area contributed by atoms with Crippen LogP contribution in [-0.4, -0.2) is 70.9 Å². The van der Waals surface area contributed by atoms with E-state index in [9.17, 15) is 14.9 Å². The number of hydrogen-bond acceptors (Lipinski definition) is 7. The van der Waals surface area contributed by atoms with E-state index < -0.39 is 4.92 Å². The van der Waals surface area contributed by atoms with Crippen molar-refractivity contribution in [3.63, 3.8) is 0 Å². The normalized spacial score (nSPS) is 20.7. The first-order chi connectivity index (χ1) is 13.1. The van der Waals surface area contributed by atoms with E-state index >= 15 is 0 Å². The zero-order valence-corrected chi connectivity index (χ0v) is 15.7. The van der Waals surface area contributed by atoms with Crippen LogP contribution in [-0.2, 0) is 0 Å². The van der Waals surface area contributed by atoms with Crippen molar-refractivity contribution in [2.45, 2.75) is 12.5 Å². The number of piperazine rings is 1. The molecule has 1 atom stereocenters. The zero-order chi connectivity index (χ0) is 18.8. The van der Waals surface area contributed by atoms with Gasteiger partial charge in [-0.2, -0.15) is 0 Å². The van der Waals surface area contributed by atoms with Gasteiger partial charge in [0.1, 0.15) is 10.7 Å².